The number of aryl methyl sites for hydroxylation is 1. The van der Waals surface area contributed by atoms with Crippen molar-refractivity contribution in [1.29, 1.82) is 0 Å². The zero-order valence-corrected chi connectivity index (χ0v) is 27.2. The third kappa shape index (κ3) is 10.4. The van der Waals surface area contributed by atoms with E-state index in [4.69, 9.17) is 5.11 Å². The second-order valence-corrected chi connectivity index (χ2v) is 10.3. The average Bonchev–Trinajstić information content (AvgIpc) is 3.06. The van der Waals surface area contributed by atoms with Gasteiger partial charge in [-0.3, -0.25) is 9.59 Å². The smallest absolute Gasteiger partial charge is 0.334 e. The van der Waals surface area contributed by atoms with Gasteiger partial charge in [0.2, 0.25) is 12.3 Å². The van der Waals surface area contributed by atoms with Gasteiger partial charge in [0, 0.05) is 31.3 Å². The van der Waals surface area contributed by atoms with E-state index >= 15 is 0 Å². The van der Waals surface area contributed by atoms with Gasteiger partial charge in [-0.2, -0.15) is 0 Å². The molecule has 11 heteroatoms. The molecule has 1 unspecified atom stereocenters. The number of hydrazine groups is 1. The number of carbonyl (C=O) groups is 3. The van der Waals surface area contributed by atoms with Gasteiger partial charge >= 0.3 is 6.03 Å². The molecule has 9 nitrogen and oxygen atoms in total. The van der Waals surface area contributed by atoms with E-state index in [0.717, 1.165) is 17.7 Å². The minimum atomic E-state index is -0.859. The number of hydrogen-bond donors (Lipinski definition) is 2. The molecule has 3 aromatic carbocycles. The summed E-state index contributed by atoms with van der Waals surface area (Å²) in [5.74, 6) is -1.58. The average molecular weight is 638 g/mol. The van der Waals surface area contributed by atoms with Gasteiger partial charge in [-0.05, 0) is 37.6 Å². The molecule has 1 aliphatic heterocycles. The van der Waals surface area contributed by atoms with Gasteiger partial charge in [0.05, 0.1) is 12.6 Å². The van der Waals surface area contributed by atoms with E-state index in [1.165, 1.54) is 26.4 Å². The van der Waals surface area contributed by atoms with Crippen LogP contribution in [0.5, 0.6) is 5.75 Å². The predicted molar refractivity (Wildman–Crippen MR) is 175 cm³/mol. The van der Waals surface area contributed by atoms with Crippen LogP contribution >= 0.6 is 0 Å². The van der Waals surface area contributed by atoms with E-state index in [2.05, 4.69) is 11.9 Å². The molecule has 1 fully saturated rings. The fraction of sp³-hybridized carbons (Fsp3) is 0.343. The van der Waals surface area contributed by atoms with Crippen molar-refractivity contribution in [1.82, 2.24) is 25.1 Å². The zero-order valence-electron chi connectivity index (χ0n) is 27.2. The Labute approximate surface area is 270 Å². The van der Waals surface area contributed by atoms with E-state index in [1.54, 1.807) is 30.1 Å². The van der Waals surface area contributed by atoms with E-state index in [1.807, 2.05) is 70.2 Å². The zero-order chi connectivity index (χ0) is 34.2. The van der Waals surface area contributed by atoms with Crippen LogP contribution in [0.1, 0.15) is 50.4 Å². The van der Waals surface area contributed by atoms with Crippen LogP contribution in [0.25, 0.3) is 0 Å². The highest BCUT2D eigenvalue weighted by Gasteiger charge is 2.41. The first kappa shape index (κ1) is 37.4. The monoisotopic (exact) mass is 637 g/mol. The van der Waals surface area contributed by atoms with E-state index in [0.29, 0.717) is 25.2 Å². The second kappa shape index (κ2) is 18.9. The largest absolute Gasteiger partial charge is 0.508 e. The summed E-state index contributed by atoms with van der Waals surface area (Å²) in [4.78, 5) is 41.1. The Morgan fingerprint density at radius 2 is 1.76 bits per heavy atom. The minimum Gasteiger partial charge on any atom is -0.508 e. The van der Waals surface area contributed by atoms with E-state index in [9.17, 15) is 23.2 Å². The number of likely N-dealkylation sites (N-methyl/N-ethyl adjacent to an activating group) is 1. The molecular weight excluding hydrogens is 592 g/mol. The number of hydrogen-bond acceptors (Lipinski definition) is 5. The standard InChI is InChI=1S/C26H31F2N5O3.C7H8O.C2H6/c1-4-13-31(5-2)33(26(36)29-15-20-9-7-6-8-10-20)24-16-32(25(35)17-30(24)18-34)19(3)22-12-11-21(27)14-23(22)28;1-6-2-4-7(8)5-3-6;1-2/h4,6-12,14,18-19,24H,1,5,13,15-17H2,2-3H3,(H,29,36);2-5,8H,1H3;1-2H3/t19-,24?;;/m1../s1. The Balaban J connectivity index is 0.000000632. The second-order valence-electron chi connectivity index (χ2n) is 10.3. The number of urea groups is 1. The molecular formula is C35H45F2N5O4. The Morgan fingerprint density at radius 3 is 2.30 bits per heavy atom. The van der Waals surface area contributed by atoms with Crippen LogP contribution in [0.4, 0.5) is 13.6 Å². The Kier molecular flexibility index (Phi) is 15.4. The number of nitrogens with one attached hydrogen (secondary N) is 1. The Bertz CT molecular complexity index is 1390. The van der Waals surface area contributed by atoms with Crippen LogP contribution in [0, 0.1) is 18.6 Å². The number of phenols is 1. The highest BCUT2D eigenvalue weighted by Crippen LogP contribution is 2.28. The maximum atomic E-state index is 14.5. The lowest BCUT2D eigenvalue weighted by Gasteiger charge is -2.48. The fourth-order valence-corrected chi connectivity index (χ4v) is 4.81. The van der Waals surface area contributed by atoms with Crippen LogP contribution in [0.3, 0.4) is 0 Å². The van der Waals surface area contributed by atoms with Crippen LogP contribution in [-0.2, 0) is 16.1 Å². The molecule has 0 spiro atoms. The summed E-state index contributed by atoms with van der Waals surface area (Å²) in [6, 6.07) is 18.4. The molecule has 4 rings (SSSR count). The number of amides is 4. The van der Waals surface area contributed by atoms with Crippen molar-refractivity contribution in [2.24, 2.45) is 0 Å². The highest BCUT2D eigenvalue weighted by molar-refractivity contribution is 5.82. The predicted octanol–water partition coefficient (Wildman–Crippen LogP) is 6.01. The number of carbonyl (C=O) groups excluding carboxylic acids is 3. The van der Waals surface area contributed by atoms with Crippen molar-refractivity contribution in [2.45, 2.75) is 53.4 Å². The molecule has 1 heterocycles. The molecule has 46 heavy (non-hydrogen) atoms. The summed E-state index contributed by atoms with van der Waals surface area (Å²) in [5, 5.41) is 14.8. The van der Waals surface area contributed by atoms with Crippen molar-refractivity contribution in [3.63, 3.8) is 0 Å². The summed E-state index contributed by atoms with van der Waals surface area (Å²) < 4.78 is 28.0. The normalized spacial score (nSPS) is 14.7. The number of phenolic OH excluding ortho intramolecular Hbond substituents is 1. The first-order valence-corrected chi connectivity index (χ1v) is 15.3. The van der Waals surface area contributed by atoms with E-state index < -0.39 is 35.8 Å². The lowest BCUT2D eigenvalue weighted by Crippen LogP contribution is -2.68. The Hall–Kier alpha value is -4.77. The quantitative estimate of drug-likeness (QED) is 0.161. The molecule has 0 radical (unpaired) electrons. The van der Waals surface area contributed by atoms with Gasteiger partial charge in [-0.25, -0.2) is 23.6 Å². The van der Waals surface area contributed by atoms with E-state index in [-0.39, 0.29) is 25.2 Å². The van der Waals surface area contributed by atoms with Crippen molar-refractivity contribution >= 4 is 18.3 Å². The van der Waals surface area contributed by atoms with Gasteiger partial charge < -0.3 is 20.2 Å². The van der Waals surface area contributed by atoms with Gasteiger partial charge in [0.15, 0.2) is 0 Å². The first-order valence-electron chi connectivity index (χ1n) is 15.3. The number of benzene rings is 3. The molecule has 0 aromatic heterocycles. The van der Waals surface area contributed by atoms with Crippen LogP contribution in [-0.4, -0.2) is 75.6 Å². The molecule has 2 atom stereocenters. The topological polar surface area (TPSA) is 96.4 Å². The molecule has 0 bridgehead atoms. The summed E-state index contributed by atoms with van der Waals surface area (Å²) in [5.41, 5.74) is 2.20. The van der Waals surface area contributed by atoms with Gasteiger partial charge in [-0.15, -0.1) is 6.58 Å². The third-order valence-electron chi connectivity index (χ3n) is 7.22. The number of rotatable bonds is 10. The lowest BCUT2D eigenvalue weighted by molar-refractivity contribution is -0.159. The molecule has 3 aromatic rings. The summed E-state index contributed by atoms with van der Waals surface area (Å²) >= 11 is 0. The van der Waals surface area contributed by atoms with Crippen molar-refractivity contribution in [3.05, 3.63) is 114 Å². The van der Waals surface area contributed by atoms with Crippen molar-refractivity contribution < 1.29 is 28.3 Å². The molecule has 1 saturated heterocycles. The maximum Gasteiger partial charge on any atom is 0.334 e. The summed E-state index contributed by atoms with van der Waals surface area (Å²) in [6.07, 6.45) is 1.30. The number of aromatic hydroxyl groups is 1. The number of nitrogens with zero attached hydrogens (tertiary/aromatic N) is 4. The highest BCUT2D eigenvalue weighted by atomic mass is 19.1. The molecule has 1 aliphatic rings. The molecule has 0 aliphatic carbocycles. The molecule has 248 valence electrons. The van der Waals surface area contributed by atoms with Crippen LogP contribution in [0.15, 0.2) is 85.5 Å². The van der Waals surface area contributed by atoms with Gasteiger partial charge in [0.1, 0.15) is 30.1 Å². The molecule has 4 amide bonds. The van der Waals surface area contributed by atoms with Gasteiger partial charge in [0.25, 0.3) is 0 Å². The molecule has 0 saturated carbocycles. The Morgan fingerprint density at radius 1 is 1.11 bits per heavy atom. The van der Waals surface area contributed by atoms with Crippen molar-refractivity contribution in [2.75, 3.05) is 26.2 Å². The van der Waals surface area contributed by atoms with Crippen LogP contribution < -0.4 is 5.32 Å². The summed E-state index contributed by atoms with van der Waals surface area (Å²) in [7, 11) is 0. The third-order valence-corrected chi connectivity index (χ3v) is 7.22. The van der Waals surface area contributed by atoms with Crippen LogP contribution in [0.2, 0.25) is 0 Å². The fourth-order valence-electron chi connectivity index (χ4n) is 4.81. The maximum absolute atomic E-state index is 14.5. The number of piperazine rings is 1. The molecule has 2 N–H and O–H groups in total. The first-order chi connectivity index (χ1) is 22.1. The lowest BCUT2D eigenvalue weighted by atomic mass is 10.0. The van der Waals surface area contributed by atoms with Crippen molar-refractivity contribution in [3.8, 4) is 5.75 Å². The number of halogens is 2. The summed E-state index contributed by atoms with van der Waals surface area (Å²) in [6.45, 7) is 13.9. The van der Waals surface area contributed by atoms with Gasteiger partial charge in [-0.1, -0.05) is 80.9 Å². The minimum absolute atomic E-state index is 0.0675. The SMILES string of the molecule is C=CCN(CC)N(C(=O)NCc1ccccc1)C1CN([C@H](C)c2ccc(F)cc2F)C(=O)CN1C=O.CC.Cc1ccc(O)cc1.